The molecule has 0 aliphatic carbocycles. The number of aliphatic hydroxyl groups excluding tert-OH is 1. The number of halogens is 2. The van der Waals surface area contributed by atoms with Gasteiger partial charge in [-0.05, 0) is 50.1 Å². The summed E-state index contributed by atoms with van der Waals surface area (Å²) in [6, 6.07) is 7.75. The third-order valence-corrected chi connectivity index (χ3v) is 5.20. The molecular weight excluding hydrogens is 447 g/mol. The predicted molar refractivity (Wildman–Crippen MR) is 116 cm³/mol. The lowest BCUT2D eigenvalue weighted by molar-refractivity contribution is -0.149. The van der Waals surface area contributed by atoms with Gasteiger partial charge in [-0.25, -0.2) is 4.79 Å². The molecule has 0 spiro atoms. The van der Waals surface area contributed by atoms with Crippen molar-refractivity contribution >= 4 is 40.8 Å². The molecule has 10 heteroatoms. The highest BCUT2D eigenvalue weighted by Gasteiger charge is 2.36. The first kappa shape index (κ1) is 23.1. The van der Waals surface area contributed by atoms with Crippen molar-refractivity contribution < 1.29 is 29.6 Å². The summed E-state index contributed by atoms with van der Waals surface area (Å²) in [5.41, 5.74) is 0.680. The van der Waals surface area contributed by atoms with Gasteiger partial charge in [0.15, 0.2) is 5.75 Å². The van der Waals surface area contributed by atoms with Crippen LogP contribution >= 0.6 is 23.2 Å². The largest absolute Gasteiger partial charge is 0.508 e. The second-order valence-electron chi connectivity index (χ2n) is 7.97. The van der Waals surface area contributed by atoms with E-state index in [1.165, 1.54) is 12.1 Å². The first-order chi connectivity index (χ1) is 14.4. The molecule has 0 aromatic heterocycles. The Balaban J connectivity index is 1.77. The number of hydrogen-bond acceptors (Lipinski definition) is 6. The molecule has 0 radical (unpaired) electrons. The Morgan fingerprint density at radius 2 is 1.87 bits per heavy atom. The van der Waals surface area contributed by atoms with Crippen molar-refractivity contribution in [2.45, 2.75) is 38.0 Å². The number of ether oxygens (including phenoxy) is 1. The molecule has 8 nitrogen and oxygen atoms in total. The van der Waals surface area contributed by atoms with Crippen molar-refractivity contribution in [3.8, 4) is 11.5 Å². The van der Waals surface area contributed by atoms with Crippen LogP contribution in [0.25, 0.3) is 0 Å². The van der Waals surface area contributed by atoms with Crippen LogP contribution in [0.15, 0.2) is 30.3 Å². The lowest BCUT2D eigenvalue weighted by Crippen LogP contribution is -2.44. The number of carbonyl (C=O) groups excluding carboxylic acids is 1. The predicted octanol–water partition coefficient (Wildman–Crippen LogP) is 3.13. The van der Waals surface area contributed by atoms with E-state index in [0.29, 0.717) is 16.5 Å². The number of hydrogen-bond donors (Lipinski definition) is 5. The number of phenolic OH excluding ortho intramolecular Hbond substituents is 1. The number of carboxylic acids is 1. The van der Waals surface area contributed by atoms with Crippen molar-refractivity contribution in [3.63, 3.8) is 0 Å². The Labute approximate surface area is 188 Å². The molecule has 0 saturated carbocycles. The minimum absolute atomic E-state index is 0.00136. The second-order valence-corrected chi connectivity index (χ2v) is 8.84. The molecule has 2 atom stereocenters. The van der Waals surface area contributed by atoms with E-state index in [-0.39, 0.29) is 29.3 Å². The van der Waals surface area contributed by atoms with Crippen LogP contribution in [-0.2, 0) is 16.0 Å². The van der Waals surface area contributed by atoms with Crippen LogP contribution in [0.2, 0.25) is 10.0 Å². The van der Waals surface area contributed by atoms with Crippen LogP contribution < -0.4 is 15.4 Å². The van der Waals surface area contributed by atoms with Crippen LogP contribution in [-0.4, -0.2) is 45.4 Å². The van der Waals surface area contributed by atoms with Gasteiger partial charge in [0.05, 0.1) is 11.8 Å². The molecule has 2 unspecified atom stereocenters. The van der Waals surface area contributed by atoms with Crippen LogP contribution in [0.4, 0.5) is 5.69 Å². The number of anilines is 1. The smallest absolute Gasteiger partial charge is 0.354 e. The molecule has 1 aliphatic heterocycles. The van der Waals surface area contributed by atoms with E-state index < -0.39 is 29.6 Å². The van der Waals surface area contributed by atoms with Crippen molar-refractivity contribution in [2.24, 2.45) is 0 Å². The molecule has 0 bridgehead atoms. The highest BCUT2D eigenvalue weighted by molar-refractivity contribution is 6.34. The highest BCUT2D eigenvalue weighted by atomic mass is 35.5. The van der Waals surface area contributed by atoms with Crippen LogP contribution in [0, 0.1) is 0 Å². The van der Waals surface area contributed by atoms with Crippen LogP contribution in [0.3, 0.4) is 0 Å². The van der Waals surface area contributed by atoms with Gasteiger partial charge < -0.3 is 30.7 Å². The van der Waals surface area contributed by atoms with Crippen molar-refractivity contribution in [1.82, 2.24) is 5.32 Å². The number of β-amino-alcohol motifs (C(OH)–C–C–N with tert-alkyl or cyclic N) is 1. The van der Waals surface area contributed by atoms with E-state index in [4.69, 9.17) is 27.9 Å². The highest BCUT2D eigenvalue weighted by Crippen LogP contribution is 2.40. The van der Waals surface area contributed by atoms with E-state index in [2.05, 4.69) is 10.6 Å². The number of carboxylic acid groups (broad SMARTS) is 1. The topological polar surface area (TPSA) is 128 Å². The molecule has 0 saturated heterocycles. The molecule has 1 heterocycles. The van der Waals surface area contributed by atoms with Gasteiger partial charge in [-0.15, -0.1) is 0 Å². The molecule has 5 N–H and O–H groups in total. The van der Waals surface area contributed by atoms with Gasteiger partial charge >= 0.3 is 5.97 Å². The number of carbonyl (C=O) groups is 2. The number of amides is 1. The molecule has 31 heavy (non-hydrogen) atoms. The van der Waals surface area contributed by atoms with Crippen LogP contribution in [0.1, 0.15) is 31.1 Å². The molecule has 2 aromatic carbocycles. The number of rotatable bonds is 7. The molecule has 0 fully saturated rings. The van der Waals surface area contributed by atoms with Crippen molar-refractivity contribution in [2.75, 3.05) is 11.9 Å². The third-order valence-electron chi connectivity index (χ3n) is 4.76. The second kappa shape index (κ2) is 8.92. The summed E-state index contributed by atoms with van der Waals surface area (Å²) in [7, 11) is 0. The maximum atomic E-state index is 11.9. The van der Waals surface area contributed by atoms with E-state index >= 15 is 0 Å². The summed E-state index contributed by atoms with van der Waals surface area (Å²) in [5, 5.41) is 36.6. The number of aliphatic carboxylic acids is 1. The minimum Gasteiger partial charge on any atom is -0.508 e. The average molecular weight is 469 g/mol. The zero-order chi connectivity index (χ0) is 22.9. The first-order valence-electron chi connectivity index (χ1n) is 9.40. The maximum absolute atomic E-state index is 11.9. The minimum atomic E-state index is -1.75. The van der Waals surface area contributed by atoms with Crippen molar-refractivity contribution in [3.05, 3.63) is 51.5 Å². The number of nitrogens with one attached hydrogen (secondary N) is 2. The third kappa shape index (κ3) is 5.59. The van der Waals surface area contributed by atoms with E-state index in [1.807, 2.05) is 26.0 Å². The Morgan fingerprint density at radius 1 is 1.23 bits per heavy atom. The molecule has 3 rings (SSSR count). The van der Waals surface area contributed by atoms with E-state index in [0.717, 1.165) is 5.56 Å². The fraction of sp³-hybridized carbons (Fsp3) is 0.333. The van der Waals surface area contributed by atoms with Gasteiger partial charge in [-0.3, -0.25) is 4.79 Å². The summed E-state index contributed by atoms with van der Waals surface area (Å²) >= 11 is 12.1. The molecule has 1 amide bonds. The Hall–Kier alpha value is -2.52. The average Bonchev–Trinajstić information content (AvgIpc) is 2.63. The van der Waals surface area contributed by atoms with Gasteiger partial charge in [0.2, 0.25) is 0 Å². The summed E-state index contributed by atoms with van der Waals surface area (Å²) < 4.78 is 5.33. The Morgan fingerprint density at radius 3 is 2.48 bits per heavy atom. The fourth-order valence-electron chi connectivity index (χ4n) is 3.41. The van der Waals surface area contributed by atoms with Crippen molar-refractivity contribution in [1.29, 1.82) is 0 Å². The van der Waals surface area contributed by atoms with Crippen LogP contribution in [0.5, 0.6) is 11.5 Å². The van der Waals surface area contributed by atoms with E-state index in [1.54, 1.807) is 6.07 Å². The standard InChI is InChI=1S/C21H22Cl2N2O6/c1-21(2,8-10-3-11(22)5-12(23)4-10)24-9-16(27)14-6-13(26)7-15-17(14)31-18(20(29)30)19(28)25-15/h3-7,16,18,24,26-27H,8-9H2,1-2H3,(H,25,28)(H,29,30). The lowest BCUT2D eigenvalue weighted by Gasteiger charge is -2.30. The summed E-state index contributed by atoms with van der Waals surface area (Å²) in [5.74, 6) is -2.54. The fourth-order valence-corrected chi connectivity index (χ4v) is 3.98. The molecule has 2 aromatic rings. The quantitative estimate of drug-likeness (QED) is 0.394. The summed E-state index contributed by atoms with van der Waals surface area (Å²) in [6.45, 7) is 3.93. The Kier molecular flexibility index (Phi) is 6.66. The zero-order valence-corrected chi connectivity index (χ0v) is 18.3. The maximum Gasteiger partial charge on any atom is 0.354 e. The lowest BCUT2D eigenvalue weighted by atomic mass is 9.94. The summed E-state index contributed by atoms with van der Waals surface area (Å²) in [6.07, 6.45) is -2.35. The van der Waals surface area contributed by atoms with Gasteiger partial charge in [-0.2, -0.15) is 0 Å². The van der Waals surface area contributed by atoms with Gasteiger partial charge in [0.25, 0.3) is 12.0 Å². The number of phenols is 1. The Bertz CT molecular complexity index is 1010. The number of aromatic hydroxyl groups is 1. The number of fused-ring (bicyclic) bond motifs is 1. The summed E-state index contributed by atoms with van der Waals surface area (Å²) in [4.78, 5) is 23.1. The monoisotopic (exact) mass is 468 g/mol. The molecular formula is C21H22Cl2N2O6. The number of benzene rings is 2. The van der Waals surface area contributed by atoms with Gasteiger partial charge in [0.1, 0.15) is 5.75 Å². The zero-order valence-electron chi connectivity index (χ0n) is 16.8. The van der Waals surface area contributed by atoms with Gasteiger partial charge in [0, 0.05) is 33.8 Å². The molecule has 166 valence electrons. The first-order valence-corrected chi connectivity index (χ1v) is 10.2. The molecule has 1 aliphatic rings. The van der Waals surface area contributed by atoms with Gasteiger partial charge in [-0.1, -0.05) is 23.2 Å². The normalized spacial score (nSPS) is 16.8. The SMILES string of the molecule is CC(C)(Cc1cc(Cl)cc(Cl)c1)NCC(O)c1cc(O)cc2c1OC(C(=O)O)C(=O)N2. The number of aliphatic hydroxyl groups is 1. The van der Waals surface area contributed by atoms with E-state index in [9.17, 15) is 24.9 Å².